The summed E-state index contributed by atoms with van der Waals surface area (Å²) in [6.45, 7) is 1.60. The molecule has 20 heavy (non-hydrogen) atoms. The number of aliphatic hydroxyl groups excluding tert-OH is 3. The quantitative estimate of drug-likeness (QED) is 0.526. The molecule has 6 nitrogen and oxygen atoms in total. The van der Waals surface area contributed by atoms with E-state index in [0.717, 1.165) is 32.1 Å². The number of hydrogen-bond donors (Lipinski definition) is 3. The van der Waals surface area contributed by atoms with E-state index in [1.54, 1.807) is 0 Å². The molecule has 0 aromatic rings. The standard InChI is InChI=1S/C13H26O6S/c1-2-3-4-5-6-7-8-20(17,18)13-12(16)11(15)10(9-14)19-13/h10-16H,2-9H2,1H3/t10-,11-,12+,13+/m1/s1. The molecule has 3 N–H and O–H groups in total. The second kappa shape index (κ2) is 8.29. The summed E-state index contributed by atoms with van der Waals surface area (Å²) in [6.07, 6.45) is 1.87. The molecule has 1 fully saturated rings. The van der Waals surface area contributed by atoms with Crippen molar-refractivity contribution in [3.05, 3.63) is 0 Å². The van der Waals surface area contributed by atoms with E-state index in [1.165, 1.54) is 0 Å². The van der Waals surface area contributed by atoms with Crippen molar-refractivity contribution in [2.75, 3.05) is 12.4 Å². The monoisotopic (exact) mass is 310 g/mol. The summed E-state index contributed by atoms with van der Waals surface area (Å²) in [4.78, 5) is 0. The van der Waals surface area contributed by atoms with E-state index in [2.05, 4.69) is 6.92 Å². The van der Waals surface area contributed by atoms with Gasteiger partial charge in [0.2, 0.25) is 0 Å². The fourth-order valence-corrected chi connectivity index (χ4v) is 4.10. The molecule has 0 saturated carbocycles. The van der Waals surface area contributed by atoms with Crippen LogP contribution in [0.15, 0.2) is 0 Å². The Balaban J connectivity index is 2.41. The van der Waals surface area contributed by atoms with Crippen LogP contribution in [0.3, 0.4) is 0 Å². The van der Waals surface area contributed by atoms with Gasteiger partial charge in [-0.05, 0) is 6.42 Å². The molecule has 120 valence electrons. The van der Waals surface area contributed by atoms with Crippen LogP contribution in [-0.2, 0) is 14.6 Å². The van der Waals surface area contributed by atoms with Gasteiger partial charge in [-0.1, -0.05) is 39.0 Å². The molecule has 0 unspecified atom stereocenters. The summed E-state index contributed by atoms with van der Waals surface area (Å²) < 4.78 is 29.2. The molecule has 0 aromatic carbocycles. The number of sulfone groups is 1. The zero-order valence-electron chi connectivity index (χ0n) is 11.9. The molecule has 1 heterocycles. The maximum absolute atomic E-state index is 12.1. The lowest BCUT2D eigenvalue weighted by atomic mass is 10.1. The fraction of sp³-hybridized carbons (Fsp3) is 1.00. The Bertz CT molecular complexity index is 369. The molecule has 1 aliphatic rings. The Morgan fingerprint density at radius 2 is 1.60 bits per heavy atom. The van der Waals surface area contributed by atoms with Gasteiger partial charge in [0.1, 0.15) is 18.3 Å². The van der Waals surface area contributed by atoms with E-state index in [9.17, 15) is 18.6 Å². The minimum Gasteiger partial charge on any atom is -0.394 e. The van der Waals surface area contributed by atoms with Gasteiger partial charge in [0.25, 0.3) is 0 Å². The smallest absolute Gasteiger partial charge is 0.187 e. The zero-order valence-corrected chi connectivity index (χ0v) is 12.8. The summed E-state index contributed by atoms with van der Waals surface area (Å²) >= 11 is 0. The summed E-state index contributed by atoms with van der Waals surface area (Å²) in [6, 6.07) is 0. The van der Waals surface area contributed by atoms with Crippen molar-refractivity contribution >= 4 is 9.84 Å². The highest BCUT2D eigenvalue weighted by Crippen LogP contribution is 2.26. The van der Waals surface area contributed by atoms with Crippen LogP contribution in [0.4, 0.5) is 0 Å². The lowest BCUT2D eigenvalue weighted by molar-refractivity contribution is -0.00880. The lowest BCUT2D eigenvalue weighted by Crippen LogP contribution is -2.37. The number of hydrogen-bond acceptors (Lipinski definition) is 6. The number of rotatable bonds is 9. The van der Waals surface area contributed by atoms with Crippen LogP contribution in [0.5, 0.6) is 0 Å². The molecule has 0 spiro atoms. The van der Waals surface area contributed by atoms with Crippen molar-refractivity contribution in [2.24, 2.45) is 0 Å². The van der Waals surface area contributed by atoms with Gasteiger partial charge in [-0.15, -0.1) is 0 Å². The maximum Gasteiger partial charge on any atom is 0.187 e. The van der Waals surface area contributed by atoms with Gasteiger partial charge in [-0.3, -0.25) is 0 Å². The van der Waals surface area contributed by atoms with E-state index >= 15 is 0 Å². The molecule has 0 radical (unpaired) electrons. The normalized spacial score (nSPS) is 30.8. The van der Waals surface area contributed by atoms with Crippen LogP contribution in [0, 0.1) is 0 Å². The first kappa shape index (κ1) is 17.8. The van der Waals surface area contributed by atoms with Crippen molar-refractivity contribution in [3.63, 3.8) is 0 Å². The number of ether oxygens (including phenoxy) is 1. The van der Waals surface area contributed by atoms with E-state index in [0.29, 0.717) is 6.42 Å². The van der Waals surface area contributed by atoms with E-state index in [4.69, 9.17) is 9.84 Å². The van der Waals surface area contributed by atoms with Gasteiger partial charge in [0, 0.05) is 0 Å². The van der Waals surface area contributed by atoms with E-state index in [1.807, 2.05) is 0 Å². The second-order valence-electron chi connectivity index (χ2n) is 5.34. The predicted octanol–water partition coefficient (Wildman–Crippen LogP) is 0.201. The maximum atomic E-state index is 12.1. The Kier molecular flexibility index (Phi) is 7.39. The van der Waals surface area contributed by atoms with Gasteiger partial charge in [0.05, 0.1) is 12.4 Å². The van der Waals surface area contributed by atoms with Crippen LogP contribution in [0.2, 0.25) is 0 Å². The van der Waals surface area contributed by atoms with E-state index in [-0.39, 0.29) is 5.75 Å². The van der Waals surface area contributed by atoms with E-state index < -0.39 is 40.2 Å². The molecule has 0 aromatic heterocycles. The topological polar surface area (TPSA) is 104 Å². The van der Waals surface area contributed by atoms with Crippen molar-refractivity contribution in [1.82, 2.24) is 0 Å². The molecule has 1 aliphatic heterocycles. The molecular weight excluding hydrogens is 284 g/mol. The number of unbranched alkanes of at least 4 members (excludes halogenated alkanes) is 5. The molecule has 0 bridgehead atoms. The van der Waals surface area contributed by atoms with Crippen molar-refractivity contribution < 1.29 is 28.5 Å². The Hall–Kier alpha value is -0.210. The molecule has 7 heteroatoms. The van der Waals surface area contributed by atoms with Crippen molar-refractivity contribution in [2.45, 2.75) is 69.2 Å². The highest BCUT2D eigenvalue weighted by Gasteiger charge is 2.48. The third kappa shape index (κ3) is 4.66. The van der Waals surface area contributed by atoms with Gasteiger partial charge >= 0.3 is 0 Å². The third-order valence-electron chi connectivity index (χ3n) is 3.63. The lowest BCUT2D eigenvalue weighted by Gasteiger charge is -2.15. The Morgan fingerprint density at radius 3 is 2.15 bits per heavy atom. The number of aliphatic hydroxyl groups is 3. The van der Waals surface area contributed by atoms with Crippen LogP contribution in [0.1, 0.15) is 45.4 Å². The average molecular weight is 310 g/mol. The van der Waals surface area contributed by atoms with Gasteiger partial charge < -0.3 is 20.1 Å². The summed E-state index contributed by atoms with van der Waals surface area (Å²) in [5.41, 5.74) is -1.43. The van der Waals surface area contributed by atoms with Crippen LogP contribution in [0.25, 0.3) is 0 Å². The molecule has 1 rings (SSSR count). The van der Waals surface area contributed by atoms with Crippen molar-refractivity contribution in [3.8, 4) is 0 Å². The first-order valence-corrected chi connectivity index (χ1v) is 8.99. The molecule has 4 atom stereocenters. The van der Waals surface area contributed by atoms with Crippen LogP contribution in [-0.4, -0.2) is 59.8 Å². The highest BCUT2D eigenvalue weighted by molar-refractivity contribution is 7.91. The van der Waals surface area contributed by atoms with Gasteiger partial charge in [-0.2, -0.15) is 0 Å². The second-order valence-corrected chi connectivity index (χ2v) is 7.54. The van der Waals surface area contributed by atoms with Crippen LogP contribution >= 0.6 is 0 Å². The molecular formula is C13H26O6S. The summed E-state index contributed by atoms with van der Waals surface area (Å²) in [5.74, 6) is -0.0638. The minimum absolute atomic E-state index is 0.0638. The molecule has 0 amide bonds. The Labute approximate surface area is 120 Å². The first-order valence-electron chi connectivity index (χ1n) is 7.28. The average Bonchev–Trinajstić information content (AvgIpc) is 2.71. The molecule has 0 aliphatic carbocycles. The largest absolute Gasteiger partial charge is 0.394 e. The fourth-order valence-electron chi connectivity index (χ4n) is 2.36. The van der Waals surface area contributed by atoms with Crippen molar-refractivity contribution in [1.29, 1.82) is 0 Å². The summed E-state index contributed by atoms with van der Waals surface area (Å²) in [7, 11) is -3.62. The Morgan fingerprint density at radius 1 is 1.00 bits per heavy atom. The van der Waals surface area contributed by atoms with Crippen LogP contribution < -0.4 is 0 Å². The minimum atomic E-state index is -3.62. The zero-order chi connectivity index (χ0) is 15.2. The third-order valence-corrected chi connectivity index (χ3v) is 5.59. The van der Waals surface area contributed by atoms with Gasteiger partial charge in [-0.25, -0.2) is 8.42 Å². The first-order chi connectivity index (χ1) is 9.44. The molecule has 1 saturated heterocycles. The van der Waals surface area contributed by atoms with Gasteiger partial charge in [0.15, 0.2) is 15.3 Å². The predicted molar refractivity (Wildman–Crippen MR) is 74.9 cm³/mol. The SMILES string of the molecule is CCCCCCCCS(=O)(=O)[C@@H]1O[C@H](CO)[C@@H](O)[C@@H]1O. The highest BCUT2D eigenvalue weighted by atomic mass is 32.2. The summed E-state index contributed by atoms with van der Waals surface area (Å²) in [5, 5.41) is 28.2.